The Morgan fingerprint density at radius 1 is 1.08 bits per heavy atom. The Kier molecular flexibility index (Phi) is 2.12. The standard InChI is InChI=1S/C12H16Si/c1-13(2)9-8-12(10-13)11-6-4-3-5-7-11/h3-8H,9-10H2,1-2H3. The zero-order chi connectivity index (χ0) is 9.31. The summed E-state index contributed by atoms with van der Waals surface area (Å²) >= 11 is 0. The first-order chi connectivity index (χ1) is 6.17. The van der Waals surface area contributed by atoms with Crippen LogP contribution in [-0.4, -0.2) is 8.07 Å². The van der Waals surface area contributed by atoms with E-state index in [1.54, 1.807) is 5.57 Å². The first-order valence-corrected chi connectivity index (χ1v) is 8.33. The van der Waals surface area contributed by atoms with E-state index in [2.05, 4.69) is 49.5 Å². The average Bonchev–Trinajstić information content (AvgIpc) is 2.48. The summed E-state index contributed by atoms with van der Waals surface area (Å²) in [6, 6.07) is 13.5. The molecule has 2 rings (SSSR count). The molecule has 0 unspecified atom stereocenters. The average molecular weight is 188 g/mol. The molecule has 1 aliphatic heterocycles. The maximum atomic E-state index is 2.47. The molecule has 1 heterocycles. The molecule has 13 heavy (non-hydrogen) atoms. The van der Waals surface area contributed by atoms with Crippen LogP contribution in [0.3, 0.4) is 0 Å². The summed E-state index contributed by atoms with van der Waals surface area (Å²) < 4.78 is 0. The summed E-state index contributed by atoms with van der Waals surface area (Å²) in [6.07, 6.45) is 2.45. The molecule has 0 fully saturated rings. The minimum atomic E-state index is -0.879. The maximum absolute atomic E-state index is 2.47. The van der Waals surface area contributed by atoms with Crippen LogP contribution in [0.25, 0.3) is 5.57 Å². The fourth-order valence-electron chi connectivity index (χ4n) is 1.93. The van der Waals surface area contributed by atoms with E-state index in [1.807, 2.05) is 0 Å². The summed E-state index contributed by atoms with van der Waals surface area (Å²) in [5.41, 5.74) is 3.01. The van der Waals surface area contributed by atoms with Gasteiger partial charge in [-0.2, -0.15) is 0 Å². The number of hydrogen-bond donors (Lipinski definition) is 0. The van der Waals surface area contributed by atoms with Gasteiger partial charge in [0.05, 0.1) is 8.07 Å². The van der Waals surface area contributed by atoms with Crippen molar-refractivity contribution >= 4 is 13.6 Å². The van der Waals surface area contributed by atoms with Crippen LogP contribution in [0.4, 0.5) is 0 Å². The van der Waals surface area contributed by atoms with Crippen molar-refractivity contribution in [2.24, 2.45) is 0 Å². The second-order valence-corrected chi connectivity index (χ2v) is 9.73. The van der Waals surface area contributed by atoms with Crippen LogP contribution in [0.1, 0.15) is 5.56 Å². The summed E-state index contributed by atoms with van der Waals surface area (Å²) in [7, 11) is -0.879. The normalized spacial score (nSPS) is 20.0. The lowest BCUT2D eigenvalue weighted by Crippen LogP contribution is -2.19. The molecular weight excluding hydrogens is 172 g/mol. The van der Waals surface area contributed by atoms with Gasteiger partial charge in [0.1, 0.15) is 0 Å². The van der Waals surface area contributed by atoms with Gasteiger partial charge in [0.2, 0.25) is 0 Å². The first kappa shape index (κ1) is 8.76. The Balaban J connectivity index is 2.22. The third kappa shape index (κ3) is 1.91. The van der Waals surface area contributed by atoms with Crippen molar-refractivity contribution in [2.75, 3.05) is 0 Å². The molecule has 1 aromatic rings. The van der Waals surface area contributed by atoms with E-state index in [9.17, 15) is 0 Å². The molecule has 68 valence electrons. The van der Waals surface area contributed by atoms with Crippen molar-refractivity contribution in [3.8, 4) is 0 Å². The molecule has 1 aliphatic rings. The lowest BCUT2D eigenvalue weighted by Gasteiger charge is -2.14. The lowest BCUT2D eigenvalue weighted by atomic mass is 10.1. The van der Waals surface area contributed by atoms with E-state index in [-0.39, 0.29) is 0 Å². The fourth-order valence-corrected chi connectivity index (χ4v) is 4.25. The van der Waals surface area contributed by atoms with Gasteiger partial charge in [-0.3, -0.25) is 0 Å². The number of rotatable bonds is 1. The molecule has 0 amide bonds. The molecule has 0 nitrogen and oxygen atoms in total. The van der Waals surface area contributed by atoms with Crippen molar-refractivity contribution < 1.29 is 0 Å². The van der Waals surface area contributed by atoms with Gasteiger partial charge in [-0.15, -0.1) is 0 Å². The van der Waals surface area contributed by atoms with Crippen LogP contribution < -0.4 is 0 Å². The topological polar surface area (TPSA) is 0 Å². The lowest BCUT2D eigenvalue weighted by molar-refractivity contribution is 1.51. The molecular formula is C12H16Si. The molecule has 0 saturated heterocycles. The SMILES string of the molecule is C[Si]1(C)CC=C(c2ccccc2)C1. The van der Waals surface area contributed by atoms with E-state index in [4.69, 9.17) is 0 Å². The number of allylic oxidation sites excluding steroid dienone is 2. The predicted molar refractivity (Wildman–Crippen MR) is 61.5 cm³/mol. The van der Waals surface area contributed by atoms with Crippen LogP contribution in [-0.2, 0) is 0 Å². The molecule has 0 radical (unpaired) electrons. The van der Waals surface area contributed by atoms with Gasteiger partial charge in [0.25, 0.3) is 0 Å². The van der Waals surface area contributed by atoms with Crippen LogP contribution in [0.15, 0.2) is 36.4 Å². The summed E-state index contributed by atoms with van der Waals surface area (Å²) in [5, 5.41) is 0. The van der Waals surface area contributed by atoms with Gasteiger partial charge in [0, 0.05) is 0 Å². The Hall–Kier alpha value is -0.823. The molecule has 0 aliphatic carbocycles. The van der Waals surface area contributed by atoms with Gasteiger partial charge < -0.3 is 0 Å². The van der Waals surface area contributed by atoms with Crippen molar-refractivity contribution in [1.29, 1.82) is 0 Å². The van der Waals surface area contributed by atoms with Crippen LogP contribution in [0.5, 0.6) is 0 Å². The summed E-state index contributed by atoms with van der Waals surface area (Å²) in [4.78, 5) is 0. The second-order valence-electron chi connectivity index (χ2n) is 4.64. The number of hydrogen-bond acceptors (Lipinski definition) is 0. The Morgan fingerprint density at radius 3 is 2.31 bits per heavy atom. The monoisotopic (exact) mass is 188 g/mol. The molecule has 1 heteroatoms. The Morgan fingerprint density at radius 2 is 1.77 bits per heavy atom. The van der Waals surface area contributed by atoms with Gasteiger partial charge in [0.15, 0.2) is 0 Å². The highest BCUT2D eigenvalue weighted by atomic mass is 28.3. The van der Waals surface area contributed by atoms with Crippen LogP contribution in [0, 0.1) is 0 Å². The van der Waals surface area contributed by atoms with E-state index in [1.165, 1.54) is 17.7 Å². The largest absolute Gasteiger partial charge is 0.0837 e. The fraction of sp³-hybridized carbons (Fsp3) is 0.333. The molecule has 0 aromatic heterocycles. The summed E-state index contributed by atoms with van der Waals surface area (Å²) in [5.74, 6) is 0. The molecule has 0 spiro atoms. The van der Waals surface area contributed by atoms with Crippen LogP contribution in [0.2, 0.25) is 25.2 Å². The molecule has 1 aromatic carbocycles. The van der Waals surface area contributed by atoms with Crippen molar-refractivity contribution in [3.63, 3.8) is 0 Å². The van der Waals surface area contributed by atoms with Gasteiger partial charge in [-0.05, 0) is 23.2 Å². The summed E-state index contributed by atoms with van der Waals surface area (Å²) in [6.45, 7) is 4.94. The maximum Gasteiger partial charge on any atom is 0.0555 e. The van der Waals surface area contributed by atoms with Crippen molar-refractivity contribution in [2.45, 2.75) is 25.2 Å². The molecule has 0 atom stereocenters. The van der Waals surface area contributed by atoms with Crippen LogP contribution >= 0.6 is 0 Å². The van der Waals surface area contributed by atoms with E-state index in [0.717, 1.165) is 0 Å². The minimum Gasteiger partial charge on any atom is -0.0837 e. The van der Waals surface area contributed by atoms with Gasteiger partial charge in [-0.25, -0.2) is 0 Å². The Labute approximate surface area is 81.3 Å². The molecule has 0 saturated carbocycles. The predicted octanol–water partition coefficient (Wildman–Crippen LogP) is 3.79. The third-order valence-electron chi connectivity index (χ3n) is 2.71. The quantitative estimate of drug-likeness (QED) is 0.588. The molecule has 0 N–H and O–H groups in total. The third-order valence-corrected chi connectivity index (χ3v) is 5.36. The van der Waals surface area contributed by atoms with E-state index < -0.39 is 8.07 Å². The highest BCUT2D eigenvalue weighted by Crippen LogP contribution is 2.35. The van der Waals surface area contributed by atoms with Gasteiger partial charge in [-0.1, -0.05) is 49.5 Å². The minimum absolute atomic E-state index is 0.879. The van der Waals surface area contributed by atoms with Gasteiger partial charge >= 0.3 is 0 Å². The number of benzene rings is 1. The molecule has 0 bridgehead atoms. The zero-order valence-electron chi connectivity index (χ0n) is 8.38. The second kappa shape index (κ2) is 3.15. The van der Waals surface area contributed by atoms with Crippen molar-refractivity contribution in [1.82, 2.24) is 0 Å². The van der Waals surface area contributed by atoms with Crippen molar-refractivity contribution in [3.05, 3.63) is 42.0 Å². The van der Waals surface area contributed by atoms with E-state index >= 15 is 0 Å². The first-order valence-electron chi connectivity index (χ1n) is 4.92. The zero-order valence-corrected chi connectivity index (χ0v) is 9.38. The highest BCUT2D eigenvalue weighted by Gasteiger charge is 2.26. The highest BCUT2D eigenvalue weighted by molar-refractivity contribution is 6.80. The smallest absolute Gasteiger partial charge is 0.0555 e. The van der Waals surface area contributed by atoms with E-state index in [0.29, 0.717) is 0 Å². The Bertz CT molecular complexity index is 322.